The molecule has 2 nitrogen and oxygen atoms in total. The van der Waals surface area contributed by atoms with Gasteiger partial charge in [-0.15, -0.1) is 0 Å². The molecule has 0 amide bonds. The molecule has 0 N–H and O–H groups in total. The largest absolute Gasteiger partial charge is 0.494 e. The predicted molar refractivity (Wildman–Crippen MR) is 148 cm³/mol. The van der Waals surface area contributed by atoms with Crippen LogP contribution in [0.1, 0.15) is 27.7 Å². The summed E-state index contributed by atoms with van der Waals surface area (Å²) in [6, 6.07) is 37.0. The van der Waals surface area contributed by atoms with Crippen LogP contribution < -0.4 is 5.46 Å². The summed E-state index contributed by atoms with van der Waals surface area (Å²) in [4.78, 5) is 0. The standard InChI is InChI=1S/C32H29BO2/c1-31(2)32(3,4)35-33(34-31)26-17-16-23-20-25(15-14-24(23)21-26)28-19-18-27(22-10-6-5-7-11-22)29-12-8-9-13-30(28)29/h5-21H,1-4H3. The molecule has 0 atom stereocenters. The topological polar surface area (TPSA) is 18.5 Å². The smallest absolute Gasteiger partial charge is 0.399 e. The van der Waals surface area contributed by atoms with Crippen molar-refractivity contribution in [3.63, 3.8) is 0 Å². The fraction of sp³-hybridized carbons (Fsp3) is 0.188. The normalized spacial score (nSPS) is 16.7. The van der Waals surface area contributed by atoms with E-state index in [1.54, 1.807) is 0 Å². The first-order valence-corrected chi connectivity index (χ1v) is 12.3. The Kier molecular flexibility index (Phi) is 5.10. The van der Waals surface area contributed by atoms with Crippen molar-refractivity contribution in [1.29, 1.82) is 0 Å². The van der Waals surface area contributed by atoms with Gasteiger partial charge >= 0.3 is 7.12 Å². The van der Waals surface area contributed by atoms with E-state index in [1.807, 2.05) is 0 Å². The molecule has 0 aliphatic carbocycles. The van der Waals surface area contributed by atoms with E-state index < -0.39 is 0 Å². The molecule has 0 aromatic heterocycles. The molecule has 1 saturated heterocycles. The van der Waals surface area contributed by atoms with Crippen molar-refractivity contribution in [1.82, 2.24) is 0 Å². The summed E-state index contributed by atoms with van der Waals surface area (Å²) >= 11 is 0. The van der Waals surface area contributed by atoms with Crippen LogP contribution in [0.2, 0.25) is 0 Å². The highest BCUT2D eigenvalue weighted by Crippen LogP contribution is 2.38. The molecule has 35 heavy (non-hydrogen) atoms. The first-order valence-electron chi connectivity index (χ1n) is 12.3. The van der Waals surface area contributed by atoms with E-state index in [4.69, 9.17) is 9.31 Å². The molecule has 0 spiro atoms. The lowest BCUT2D eigenvalue weighted by Gasteiger charge is -2.32. The van der Waals surface area contributed by atoms with E-state index >= 15 is 0 Å². The van der Waals surface area contributed by atoms with Gasteiger partial charge in [0.05, 0.1) is 11.2 Å². The summed E-state index contributed by atoms with van der Waals surface area (Å²) in [5, 5.41) is 4.93. The fourth-order valence-electron chi connectivity index (χ4n) is 4.98. The van der Waals surface area contributed by atoms with Crippen LogP contribution >= 0.6 is 0 Å². The Morgan fingerprint density at radius 3 is 1.71 bits per heavy atom. The van der Waals surface area contributed by atoms with Gasteiger partial charge in [0, 0.05) is 0 Å². The molecule has 6 rings (SSSR count). The van der Waals surface area contributed by atoms with Gasteiger partial charge in [0.2, 0.25) is 0 Å². The Morgan fingerprint density at radius 2 is 1.06 bits per heavy atom. The van der Waals surface area contributed by atoms with Gasteiger partial charge in [-0.05, 0) is 83.0 Å². The molecule has 172 valence electrons. The Hall–Kier alpha value is -3.40. The van der Waals surface area contributed by atoms with Crippen molar-refractivity contribution in [3.8, 4) is 22.3 Å². The third-order valence-corrected chi connectivity index (χ3v) is 7.71. The quantitative estimate of drug-likeness (QED) is 0.260. The molecule has 1 aliphatic heterocycles. The van der Waals surface area contributed by atoms with Crippen molar-refractivity contribution in [2.24, 2.45) is 0 Å². The molecule has 5 aromatic rings. The molecule has 1 aliphatic rings. The van der Waals surface area contributed by atoms with E-state index in [0.717, 1.165) is 5.46 Å². The predicted octanol–water partition coefficient (Wildman–Crippen LogP) is 7.63. The van der Waals surface area contributed by atoms with Gasteiger partial charge in [0.1, 0.15) is 0 Å². The van der Waals surface area contributed by atoms with Crippen LogP contribution in [0, 0.1) is 0 Å². The zero-order valence-electron chi connectivity index (χ0n) is 20.7. The third kappa shape index (κ3) is 3.76. The van der Waals surface area contributed by atoms with Crippen molar-refractivity contribution >= 4 is 34.1 Å². The zero-order chi connectivity index (χ0) is 24.2. The van der Waals surface area contributed by atoms with Crippen LogP contribution in [-0.2, 0) is 9.31 Å². The summed E-state index contributed by atoms with van der Waals surface area (Å²) in [7, 11) is -0.349. The average molecular weight is 456 g/mol. The first kappa shape index (κ1) is 22.1. The lowest BCUT2D eigenvalue weighted by molar-refractivity contribution is 0.00578. The molecule has 3 heteroatoms. The Bertz CT molecular complexity index is 1540. The van der Waals surface area contributed by atoms with Crippen LogP contribution in [0.4, 0.5) is 0 Å². The highest BCUT2D eigenvalue weighted by atomic mass is 16.7. The molecule has 0 bridgehead atoms. The Morgan fingerprint density at radius 1 is 0.514 bits per heavy atom. The molecule has 0 radical (unpaired) electrons. The minimum absolute atomic E-state index is 0.344. The summed E-state index contributed by atoms with van der Waals surface area (Å²) < 4.78 is 12.5. The van der Waals surface area contributed by atoms with Crippen LogP contribution in [0.3, 0.4) is 0 Å². The minimum atomic E-state index is -0.349. The maximum absolute atomic E-state index is 6.27. The van der Waals surface area contributed by atoms with Gasteiger partial charge in [-0.3, -0.25) is 0 Å². The first-order chi connectivity index (χ1) is 16.8. The van der Waals surface area contributed by atoms with E-state index in [-0.39, 0.29) is 18.3 Å². The fourth-order valence-corrected chi connectivity index (χ4v) is 4.98. The van der Waals surface area contributed by atoms with Gasteiger partial charge in [-0.25, -0.2) is 0 Å². The maximum Gasteiger partial charge on any atom is 0.494 e. The molecule has 0 unspecified atom stereocenters. The lowest BCUT2D eigenvalue weighted by Crippen LogP contribution is -2.41. The lowest BCUT2D eigenvalue weighted by atomic mass is 9.78. The molecule has 1 heterocycles. The van der Waals surface area contributed by atoms with E-state index in [2.05, 4.69) is 131 Å². The van der Waals surface area contributed by atoms with E-state index in [1.165, 1.54) is 43.8 Å². The average Bonchev–Trinajstić information content (AvgIpc) is 3.10. The maximum atomic E-state index is 6.27. The summed E-state index contributed by atoms with van der Waals surface area (Å²) in [5.74, 6) is 0. The number of hydrogen-bond acceptors (Lipinski definition) is 2. The van der Waals surface area contributed by atoms with Gasteiger partial charge in [-0.1, -0.05) is 97.1 Å². The summed E-state index contributed by atoms with van der Waals surface area (Å²) in [5.41, 5.74) is 5.34. The van der Waals surface area contributed by atoms with Crippen LogP contribution in [0.15, 0.2) is 103 Å². The van der Waals surface area contributed by atoms with Crippen LogP contribution in [0.5, 0.6) is 0 Å². The molecular weight excluding hydrogens is 427 g/mol. The Balaban J connectivity index is 1.40. The van der Waals surface area contributed by atoms with Crippen LogP contribution in [0.25, 0.3) is 43.8 Å². The highest BCUT2D eigenvalue weighted by molar-refractivity contribution is 6.62. The van der Waals surface area contributed by atoms with Crippen molar-refractivity contribution in [2.45, 2.75) is 38.9 Å². The van der Waals surface area contributed by atoms with Gasteiger partial charge in [0.15, 0.2) is 0 Å². The summed E-state index contributed by atoms with van der Waals surface area (Å²) in [6.45, 7) is 8.36. The zero-order valence-corrected chi connectivity index (χ0v) is 20.7. The second-order valence-electron chi connectivity index (χ2n) is 10.5. The monoisotopic (exact) mass is 456 g/mol. The third-order valence-electron chi connectivity index (χ3n) is 7.71. The second kappa shape index (κ2) is 8.08. The van der Waals surface area contributed by atoms with Gasteiger partial charge in [-0.2, -0.15) is 0 Å². The SMILES string of the molecule is CC1(C)OB(c2ccc3cc(-c4ccc(-c5ccccc5)c5ccccc45)ccc3c2)OC1(C)C. The second-order valence-corrected chi connectivity index (χ2v) is 10.5. The van der Waals surface area contributed by atoms with Crippen LogP contribution in [-0.4, -0.2) is 18.3 Å². The number of rotatable bonds is 3. The number of hydrogen-bond donors (Lipinski definition) is 0. The van der Waals surface area contributed by atoms with Gasteiger partial charge < -0.3 is 9.31 Å². The number of benzene rings is 5. The molecule has 1 fully saturated rings. The Labute approximate surface area is 207 Å². The van der Waals surface area contributed by atoms with Crippen molar-refractivity contribution in [3.05, 3.63) is 103 Å². The van der Waals surface area contributed by atoms with Crippen molar-refractivity contribution < 1.29 is 9.31 Å². The molecule has 0 saturated carbocycles. The van der Waals surface area contributed by atoms with E-state index in [0.29, 0.717) is 0 Å². The summed E-state index contributed by atoms with van der Waals surface area (Å²) in [6.07, 6.45) is 0. The molecule has 5 aromatic carbocycles. The molecular formula is C32H29BO2. The van der Waals surface area contributed by atoms with Gasteiger partial charge in [0.25, 0.3) is 0 Å². The number of fused-ring (bicyclic) bond motifs is 2. The highest BCUT2D eigenvalue weighted by Gasteiger charge is 2.51. The van der Waals surface area contributed by atoms with Crippen molar-refractivity contribution in [2.75, 3.05) is 0 Å². The van der Waals surface area contributed by atoms with E-state index in [9.17, 15) is 0 Å². The minimum Gasteiger partial charge on any atom is -0.399 e.